The van der Waals surface area contributed by atoms with Gasteiger partial charge in [0.25, 0.3) is 0 Å². The summed E-state index contributed by atoms with van der Waals surface area (Å²) in [4.78, 5) is 4.28. The van der Waals surface area contributed by atoms with E-state index in [0.717, 1.165) is 12.1 Å². The Bertz CT molecular complexity index is 961. The standard InChI is InChI=1S/C19H16F3N3O/c1-19(2,26-3)14-8-11(4-7-15(14)21)17-10-23-25-18(24-17)13-6-5-12(20)9-16(13)22/h4-10H,1-3H3. The van der Waals surface area contributed by atoms with E-state index < -0.39 is 23.1 Å². The minimum Gasteiger partial charge on any atom is -0.374 e. The zero-order chi connectivity index (χ0) is 18.9. The van der Waals surface area contributed by atoms with E-state index >= 15 is 0 Å². The van der Waals surface area contributed by atoms with Gasteiger partial charge < -0.3 is 4.74 Å². The molecule has 4 nitrogen and oxygen atoms in total. The third kappa shape index (κ3) is 3.43. The molecule has 0 saturated carbocycles. The highest BCUT2D eigenvalue weighted by molar-refractivity contribution is 5.63. The van der Waals surface area contributed by atoms with Gasteiger partial charge in [-0.3, -0.25) is 0 Å². The van der Waals surface area contributed by atoms with Gasteiger partial charge in [0.15, 0.2) is 5.82 Å². The van der Waals surface area contributed by atoms with Crippen LogP contribution in [-0.4, -0.2) is 22.3 Å². The van der Waals surface area contributed by atoms with Gasteiger partial charge in [0.2, 0.25) is 0 Å². The van der Waals surface area contributed by atoms with E-state index in [1.807, 2.05) is 0 Å². The molecular weight excluding hydrogens is 343 g/mol. The van der Waals surface area contributed by atoms with Crippen LogP contribution in [0.4, 0.5) is 13.2 Å². The van der Waals surface area contributed by atoms with Gasteiger partial charge >= 0.3 is 0 Å². The van der Waals surface area contributed by atoms with E-state index in [-0.39, 0.29) is 11.4 Å². The van der Waals surface area contributed by atoms with Gasteiger partial charge in [0.1, 0.15) is 17.5 Å². The largest absolute Gasteiger partial charge is 0.374 e. The molecule has 0 fully saturated rings. The summed E-state index contributed by atoms with van der Waals surface area (Å²) in [5.41, 5.74) is 0.495. The van der Waals surface area contributed by atoms with E-state index in [1.165, 1.54) is 25.4 Å². The fraction of sp³-hybridized carbons (Fsp3) is 0.211. The Morgan fingerprint density at radius 2 is 1.73 bits per heavy atom. The summed E-state index contributed by atoms with van der Waals surface area (Å²) in [6, 6.07) is 7.57. The number of halogens is 3. The van der Waals surface area contributed by atoms with Crippen molar-refractivity contribution in [3.8, 4) is 22.6 Å². The molecule has 1 heterocycles. The van der Waals surface area contributed by atoms with Crippen LogP contribution in [0.15, 0.2) is 42.6 Å². The molecule has 0 saturated heterocycles. The minimum absolute atomic E-state index is 0.0110. The van der Waals surface area contributed by atoms with Crippen LogP contribution in [0.3, 0.4) is 0 Å². The Kier molecular flexibility index (Phi) is 4.73. The van der Waals surface area contributed by atoms with Crippen molar-refractivity contribution in [3.63, 3.8) is 0 Å². The number of ether oxygens (including phenoxy) is 1. The maximum absolute atomic E-state index is 14.2. The highest BCUT2D eigenvalue weighted by atomic mass is 19.1. The lowest BCUT2D eigenvalue weighted by molar-refractivity contribution is 0.0163. The molecule has 0 unspecified atom stereocenters. The predicted molar refractivity (Wildman–Crippen MR) is 90.6 cm³/mol. The van der Waals surface area contributed by atoms with Crippen LogP contribution in [-0.2, 0) is 10.3 Å². The van der Waals surface area contributed by atoms with Crippen molar-refractivity contribution in [2.24, 2.45) is 0 Å². The first-order valence-corrected chi connectivity index (χ1v) is 7.82. The van der Waals surface area contributed by atoms with Crippen LogP contribution >= 0.6 is 0 Å². The topological polar surface area (TPSA) is 47.9 Å². The predicted octanol–water partition coefficient (Wildman–Crippen LogP) is 4.50. The maximum Gasteiger partial charge on any atom is 0.185 e. The average molecular weight is 359 g/mol. The van der Waals surface area contributed by atoms with E-state index in [2.05, 4.69) is 15.2 Å². The lowest BCUT2D eigenvalue weighted by Crippen LogP contribution is -2.21. The smallest absolute Gasteiger partial charge is 0.185 e. The maximum atomic E-state index is 14.2. The number of hydrogen-bond donors (Lipinski definition) is 0. The highest BCUT2D eigenvalue weighted by Gasteiger charge is 2.24. The molecule has 2 aromatic carbocycles. The van der Waals surface area contributed by atoms with E-state index in [9.17, 15) is 13.2 Å². The Hall–Kier alpha value is -2.80. The second-order valence-electron chi connectivity index (χ2n) is 6.20. The molecule has 3 rings (SSSR count). The van der Waals surface area contributed by atoms with Gasteiger partial charge in [-0.25, -0.2) is 18.2 Å². The summed E-state index contributed by atoms with van der Waals surface area (Å²) in [5.74, 6) is -1.88. The molecule has 134 valence electrons. The van der Waals surface area contributed by atoms with Crippen molar-refractivity contribution in [2.75, 3.05) is 7.11 Å². The summed E-state index contributed by atoms with van der Waals surface area (Å²) < 4.78 is 46.6. The van der Waals surface area contributed by atoms with Crippen LogP contribution in [0.25, 0.3) is 22.6 Å². The summed E-state index contributed by atoms with van der Waals surface area (Å²) in [7, 11) is 1.49. The molecule has 0 aliphatic rings. The molecule has 0 amide bonds. The van der Waals surface area contributed by atoms with Crippen LogP contribution in [0.2, 0.25) is 0 Å². The Labute approximate surface area is 148 Å². The van der Waals surface area contributed by atoms with Crippen molar-refractivity contribution < 1.29 is 17.9 Å². The molecule has 0 spiro atoms. The number of aromatic nitrogens is 3. The fourth-order valence-electron chi connectivity index (χ4n) is 2.48. The van der Waals surface area contributed by atoms with Gasteiger partial charge in [-0.05, 0) is 44.2 Å². The lowest BCUT2D eigenvalue weighted by Gasteiger charge is -2.24. The minimum atomic E-state index is -0.841. The molecule has 7 heteroatoms. The molecule has 3 aromatic rings. The Balaban J connectivity index is 2.08. The third-order valence-electron chi connectivity index (χ3n) is 4.15. The fourth-order valence-corrected chi connectivity index (χ4v) is 2.48. The Morgan fingerprint density at radius 3 is 2.42 bits per heavy atom. The highest BCUT2D eigenvalue weighted by Crippen LogP contribution is 2.30. The van der Waals surface area contributed by atoms with Gasteiger partial charge in [-0.1, -0.05) is 0 Å². The van der Waals surface area contributed by atoms with Crippen molar-refractivity contribution in [1.82, 2.24) is 15.2 Å². The number of hydrogen-bond acceptors (Lipinski definition) is 4. The number of benzene rings is 2. The SMILES string of the molecule is COC(C)(C)c1cc(-c2cnnc(-c3ccc(F)cc3F)n2)ccc1F. The van der Waals surface area contributed by atoms with Crippen molar-refractivity contribution in [1.29, 1.82) is 0 Å². The van der Waals surface area contributed by atoms with E-state index in [4.69, 9.17) is 4.74 Å². The van der Waals surface area contributed by atoms with Crippen molar-refractivity contribution >= 4 is 0 Å². The van der Waals surface area contributed by atoms with Crippen LogP contribution in [0.5, 0.6) is 0 Å². The average Bonchev–Trinajstić information content (AvgIpc) is 2.62. The first kappa shape index (κ1) is 18.0. The molecule has 0 N–H and O–H groups in total. The monoisotopic (exact) mass is 359 g/mol. The quantitative estimate of drug-likeness (QED) is 0.688. The number of rotatable bonds is 4. The normalized spacial score (nSPS) is 11.6. The van der Waals surface area contributed by atoms with Gasteiger partial charge in [-0.2, -0.15) is 5.10 Å². The lowest BCUT2D eigenvalue weighted by atomic mass is 9.95. The number of nitrogens with zero attached hydrogens (tertiary/aromatic N) is 3. The van der Waals surface area contributed by atoms with Gasteiger partial charge in [-0.15, -0.1) is 5.10 Å². The third-order valence-corrected chi connectivity index (χ3v) is 4.15. The molecule has 0 aliphatic heterocycles. The second kappa shape index (κ2) is 6.84. The second-order valence-corrected chi connectivity index (χ2v) is 6.20. The molecule has 0 atom stereocenters. The summed E-state index contributed by atoms with van der Waals surface area (Å²) in [6.07, 6.45) is 1.39. The molecule has 0 aliphatic carbocycles. The van der Waals surface area contributed by atoms with Crippen molar-refractivity contribution in [2.45, 2.75) is 19.4 Å². The molecule has 0 radical (unpaired) electrons. The van der Waals surface area contributed by atoms with Gasteiger partial charge in [0.05, 0.1) is 23.1 Å². The summed E-state index contributed by atoms with van der Waals surface area (Å²) in [6.45, 7) is 3.49. The Morgan fingerprint density at radius 1 is 0.962 bits per heavy atom. The molecular formula is C19H16F3N3O. The first-order valence-electron chi connectivity index (χ1n) is 7.82. The zero-order valence-electron chi connectivity index (χ0n) is 14.4. The molecule has 0 bridgehead atoms. The number of methoxy groups -OCH3 is 1. The molecule has 26 heavy (non-hydrogen) atoms. The van der Waals surface area contributed by atoms with Crippen LogP contribution in [0.1, 0.15) is 19.4 Å². The van der Waals surface area contributed by atoms with E-state index in [1.54, 1.807) is 26.0 Å². The first-order chi connectivity index (χ1) is 12.3. The van der Waals surface area contributed by atoms with Crippen molar-refractivity contribution in [3.05, 3.63) is 65.6 Å². The van der Waals surface area contributed by atoms with Gasteiger partial charge in [0, 0.05) is 24.3 Å². The van der Waals surface area contributed by atoms with E-state index in [0.29, 0.717) is 16.8 Å². The zero-order valence-corrected chi connectivity index (χ0v) is 14.4. The summed E-state index contributed by atoms with van der Waals surface area (Å²) in [5, 5.41) is 7.65. The summed E-state index contributed by atoms with van der Waals surface area (Å²) >= 11 is 0. The van der Waals surface area contributed by atoms with Crippen LogP contribution < -0.4 is 0 Å². The molecule has 1 aromatic heterocycles. The van der Waals surface area contributed by atoms with Crippen LogP contribution in [0, 0.1) is 17.5 Å².